The highest BCUT2D eigenvalue weighted by atomic mass is 16.5. The van der Waals surface area contributed by atoms with Crippen molar-refractivity contribution < 1.29 is 14.6 Å². The molecule has 4 heteroatoms. The zero-order chi connectivity index (χ0) is 13.0. The number of nitriles is 1. The summed E-state index contributed by atoms with van der Waals surface area (Å²) < 4.78 is 5.60. The van der Waals surface area contributed by atoms with E-state index in [1.165, 1.54) is 0 Å². The van der Waals surface area contributed by atoms with Crippen LogP contribution in [-0.2, 0) is 4.79 Å². The van der Waals surface area contributed by atoms with Gasteiger partial charge in [0.2, 0.25) is 0 Å². The molecule has 0 unspecified atom stereocenters. The van der Waals surface area contributed by atoms with E-state index >= 15 is 0 Å². The number of aliphatic carboxylic acids is 1. The second-order valence-corrected chi connectivity index (χ2v) is 4.08. The minimum atomic E-state index is -0.888. The Balaban J connectivity index is 2.92. The van der Waals surface area contributed by atoms with Crippen LogP contribution in [0.15, 0.2) is 12.1 Å². The minimum Gasteiger partial charge on any atom is -0.490 e. The van der Waals surface area contributed by atoms with Crippen LogP contribution in [0.4, 0.5) is 0 Å². The molecule has 0 aliphatic carbocycles. The predicted octanol–water partition coefficient (Wildman–Crippen LogP) is 2.42. The van der Waals surface area contributed by atoms with Crippen LogP contribution < -0.4 is 4.74 Å². The monoisotopic (exact) mass is 233 g/mol. The molecule has 0 aliphatic rings. The van der Waals surface area contributed by atoms with Gasteiger partial charge in [0.1, 0.15) is 11.9 Å². The Kier molecular flexibility index (Phi) is 4.11. The summed E-state index contributed by atoms with van der Waals surface area (Å²) in [6, 6.07) is 5.54. The summed E-state index contributed by atoms with van der Waals surface area (Å²) >= 11 is 0. The van der Waals surface area contributed by atoms with Gasteiger partial charge in [-0.1, -0.05) is 0 Å². The van der Waals surface area contributed by atoms with Gasteiger partial charge < -0.3 is 9.84 Å². The van der Waals surface area contributed by atoms with Crippen LogP contribution >= 0.6 is 0 Å². The highest BCUT2D eigenvalue weighted by Crippen LogP contribution is 2.26. The lowest BCUT2D eigenvalue weighted by Gasteiger charge is -2.17. The number of aryl methyl sites for hydroxylation is 2. The first kappa shape index (κ1) is 13.0. The third-order valence-corrected chi connectivity index (χ3v) is 2.37. The highest BCUT2D eigenvalue weighted by Gasteiger charge is 2.13. The molecule has 90 valence electrons. The van der Waals surface area contributed by atoms with Crippen LogP contribution in [0.25, 0.3) is 0 Å². The van der Waals surface area contributed by atoms with Crippen LogP contribution in [0.2, 0.25) is 0 Å². The Labute approximate surface area is 100 Å². The molecule has 1 atom stereocenters. The summed E-state index contributed by atoms with van der Waals surface area (Å²) in [6.07, 6.45) is -0.434. The zero-order valence-corrected chi connectivity index (χ0v) is 10.2. The average molecular weight is 233 g/mol. The van der Waals surface area contributed by atoms with Gasteiger partial charge in [-0.3, -0.25) is 4.79 Å². The fraction of sp³-hybridized carbons (Fsp3) is 0.385. The van der Waals surface area contributed by atoms with Crippen molar-refractivity contribution >= 4 is 5.97 Å². The van der Waals surface area contributed by atoms with Gasteiger partial charge in [0, 0.05) is 0 Å². The van der Waals surface area contributed by atoms with Crippen LogP contribution in [-0.4, -0.2) is 17.2 Å². The van der Waals surface area contributed by atoms with Crippen LogP contribution in [0.1, 0.15) is 30.0 Å². The summed E-state index contributed by atoms with van der Waals surface area (Å²) in [5.74, 6) is -0.223. The van der Waals surface area contributed by atoms with E-state index in [9.17, 15) is 4.79 Å². The number of nitrogens with zero attached hydrogens (tertiary/aromatic N) is 1. The quantitative estimate of drug-likeness (QED) is 0.866. The van der Waals surface area contributed by atoms with E-state index in [-0.39, 0.29) is 6.42 Å². The van der Waals surface area contributed by atoms with Crippen molar-refractivity contribution in [3.05, 3.63) is 28.8 Å². The zero-order valence-electron chi connectivity index (χ0n) is 10.2. The molecule has 1 N–H and O–H groups in total. The molecule has 0 radical (unpaired) electrons. The summed E-state index contributed by atoms with van der Waals surface area (Å²) in [5, 5.41) is 17.5. The molecule has 0 saturated carbocycles. The van der Waals surface area contributed by atoms with E-state index in [0.29, 0.717) is 11.3 Å². The Bertz CT molecular complexity index is 451. The van der Waals surface area contributed by atoms with Crippen molar-refractivity contribution in [3.8, 4) is 11.8 Å². The van der Waals surface area contributed by atoms with E-state index < -0.39 is 12.1 Å². The number of carboxylic acid groups (broad SMARTS) is 1. The molecule has 1 aromatic carbocycles. The Morgan fingerprint density at radius 3 is 2.41 bits per heavy atom. The third kappa shape index (κ3) is 3.49. The van der Waals surface area contributed by atoms with Crippen molar-refractivity contribution in [1.82, 2.24) is 0 Å². The molecule has 17 heavy (non-hydrogen) atoms. The molecule has 4 nitrogen and oxygen atoms in total. The Morgan fingerprint density at radius 2 is 2.00 bits per heavy atom. The van der Waals surface area contributed by atoms with Gasteiger partial charge in [0.25, 0.3) is 0 Å². The number of hydrogen-bond acceptors (Lipinski definition) is 3. The van der Waals surface area contributed by atoms with Gasteiger partial charge >= 0.3 is 5.97 Å². The lowest BCUT2D eigenvalue weighted by molar-refractivity contribution is -0.138. The number of carbonyl (C=O) groups is 1. The van der Waals surface area contributed by atoms with Gasteiger partial charge in [0.15, 0.2) is 0 Å². The number of carboxylic acids is 1. The maximum Gasteiger partial charge on any atom is 0.307 e. The molecule has 0 amide bonds. The fourth-order valence-corrected chi connectivity index (χ4v) is 1.69. The van der Waals surface area contributed by atoms with E-state index in [0.717, 1.165) is 11.1 Å². The van der Waals surface area contributed by atoms with Crippen LogP contribution in [0.5, 0.6) is 5.75 Å². The lowest BCUT2D eigenvalue weighted by Crippen LogP contribution is -2.17. The van der Waals surface area contributed by atoms with Gasteiger partial charge in [-0.2, -0.15) is 5.26 Å². The number of rotatable bonds is 4. The molecule has 1 rings (SSSR count). The van der Waals surface area contributed by atoms with Gasteiger partial charge in [-0.15, -0.1) is 0 Å². The number of ether oxygens (including phenoxy) is 1. The standard InChI is InChI=1S/C13H15NO3/c1-8-4-11(7-14)5-9(2)13(8)17-10(3)6-12(15)16/h4-5,10H,6H2,1-3H3,(H,15,16)/t10-/m1/s1. The maximum absolute atomic E-state index is 10.5. The largest absolute Gasteiger partial charge is 0.490 e. The molecular formula is C13H15NO3. The number of hydrogen-bond donors (Lipinski definition) is 1. The van der Waals surface area contributed by atoms with Gasteiger partial charge in [-0.05, 0) is 44.0 Å². The van der Waals surface area contributed by atoms with E-state index in [2.05, 4.69) is 6.07 Å². The molecule has 0 aromatic heterocycles. The van der Waals surface area contributed by atoms with E-state index in [4.69, 9.17) is 15.1 Å². The first-order chi connectivity index (χ1) is 7.93. The lowest BCUT2D eigenvalue weighted by atomic mass is 10.1. The third-order valence-electron chi connectivity index (χ3n) is 2.37. The average Bonchev–Trinajstić information content (AvgIpc) is 2.22. The molecule has 0 aliphatic heterocycles. The van der Waals surface area contributed by atoms with E-state index in [1.807, 2.05) is 13.8 Å². The Hall–Kier alpha value is -2.02. The highest BCUT2D eigenvalue weighted by molar-refractivity contribution is 5.67. The molecule has 0 bridgehead atoms. The predicted molar refractivity (Wildman–Crippen MR) is 63.0 cm³/mol. The molecule has 0 spiro atoms. The van der Waals surface area contributed by atoms with Crippen molar-refractivity contribution in [2.45, 2.75) is 33.3 Å². The summed E-state index contributed by atoms with van der Waals surface area (Å²) in [5.41, 5.74) is 2.27. The van der Waals surface area contributed by atoms with E-state index in [1.54, 1.807) is 19.1 Å². The first-order valence-corrected chi connectivity index (χ1v) is 5.34. The van der Waals surface area contributed by atoms with Crippen molar-refractivity contribution in [2.24, 2.45) is 0 Å². The van der Waals surface area contributed by atoms with Crippen molar-refractivity contribution in [2.75, 3.05) is 0 Å². The first-order valence-electron chi connectivity index (χ1n) is 5.34. The molecule has 0 saturated heterocycles. The van der Waals surface area contributed by atoms with Gasteiger partial charge in [0.05, 0.1) is 18.1 Å². The van der Waals surface area contributed by atoms with Crippen LogP contribution in [0, 0.1) is 25.2 Å². The second kappa shape index (κ2) is 5.35. The fourth-order valence-electron chi connectivity index (χ4n) is 1.69. The Morgan fingerprint density at radius 1 is 1.47 bits per heavy atom. The maximum atomic E-state index is 10.5. The van der Waals surface area contributed by atoms with Crippen molar-refractivity contribution in [1.29, 1.82) is 5.26 Å². The van der Waals surface area contributed by atoms with Gasteiger partial charge in [-0.25, -0.2) is 0 Å². The topological polar surface area (TPSA) is 70.3 Å². The normalized spacial score (nSPS) is 11.6. The molecule has 0 fully saturated rings. The second-order valence-electron chi connectivity index (χ2n) is 4.08. The summed E-state index contributed by atoms with van der Waals surface area (Å²) in [7, 11) is 0. The molecule has 1 aromatic rings. The number of benzene rings is 1. The molecule has 0 heterocycles. The summed E-state index contributed by atoms with van der Waals surface area (Å²) in [6.45, 7) is 5.40. The summed E-state index contributed by atoms with van der Waals surface area (Å²) in [4.78, 5) is 10.5. The van der Waals surface area contributed by atoms with Crippen LogP contribution in [0.3, 0.4) is 0 Å². The molecular weight excluding hydrogens is 218 g/mol. The SMILES string of the molecule is Cc1cc(C#N)cc(C)c1O[C@H](C)CC(=O)O. The van der Waals surface area contributed by atoms with Crippen molar-refractivity contribution in [3.63, 3.8) is 0 Å². The minimum absolute atomic E-state index is 0.0428. The smallest absolute Gasteiger partial charge is 0.307 e.